The van der Waals surface area contributed by atoms with E-state index in [0.29, 0.717) is 16.9 Å². The molecule has 3 rings (SSSR count). The van der Waals surface area contributed by atoms with Crippen molar-refractivity contribution in [3.8, 4) is 22.6 Å². The first kappa shape index (κ1) is 25.4. The smallest absolute Gasteiger partial charge is 0.387 e. The largest absolute Gasteiger partial charge is 0.490 e. The molecule has 0 saturated carbocycles. The molecule has 1 atom stereocenters. The van der Waals surface area contributed by atoms with Gasteiger partial charge in [-0.2, -0.15) is 8.78 Å². The number of sulfone groups is 1. The van der Waals surface area contributed by atoms with Gasteiger partial charge in [0.15, 0.2) is 11.5 Å². The van der Waals surface area contributed by atoms with Gasteiger partial charge in [-0.25, -0.2) is 8.42 Å². The van der Waals surface area contributed by atoms with Crippen LogP contribution in [-0.2, 0) is 16.3 Å². The van der Waals surface area contributed by atoms with Gasteiger partial charge in [-0.1, -0.05) is 36.4 Å². The first-order chi connectivity index (χ1) is 16.1. The van der Waals surface area contributed by atoms with Gasteiger partial charge in [0.2, 0.25) is 0 Å². The van der Waals surface area contributed by atoms with E-state index in [-0.39, 0.29) is 30.3 Å². The third kappa shape index (κ3) is 6.44. The van der Waals surface area contributed by atoms with Gasteiger partial charge in [0.1, 0.15) is 9.84 Å². The molecule has 0 aliphatic heterocycles. The topological polar surface area (TPSA) is 91.5 Å². The van der Waals surface area contributed by atoms with Gasteiger partial charge in [0.25, 0.3) is 0 Å². The van der Waals surface area contributed by atoms with Gasteiger partial charge in [-0.3, -0.25) is 4.98 Å². The molecule has 9 heteroatoms. The normalized spacial score (nSPS) is 12.5. The molecule has 0 amide bonds. The van der Waals surface area contributed by atoms with E-state index >= 15 is 0 Å². The second kappa shape index (κ2) is 10.8. The molecule has 0 saturated heterocycles. The number of pyridine rings is 1. The monoisotopic (exact) mass is 490 g/mol. The highest BCUT2D eigenvalue weighted by Crippen LogP contribution is 2.35. The van der Waals surface area contributed by atoms with E-state index in [4.69, 9.17) is 10.5 Å². The number of nitrogen functional groups attached to an aromatic ring is 1. The molecule has 1 heterocycles. The van der Waals surface area contributed by atoms with Crippen molar-refractivity contribution in [1.82, 2.24) is 4.98 Å². The van der Waals surface area contributed by atoms with E-state index in [0.717, 1.165) is 22.9 Å². The Labute approximate surface area is 198 Å². The number of halogens is 2. The summed E-state index contributed by atoms with van der Waals surface area (Å²) < 4.78 is 60.0. The number of anilines is 1. The lowest BCUT2D eigenvalue weighted by atomic mass is 9.93. The molecule has 0 aliphatic rings. The van der Waals surface area contributed by atoms with Crippen LogP contribution < -0.4 is 15.2 Å². The molecule has 0 fully saturated rings. The predicted octanol–water partition coefficient (Wildman–Crippen LogP) is 5.01. The second-order valence-corrected chi connectivity index (χ2v) is 10.2. The first-order valence-electron chi connectivity index (χ1n) is 10.8. The average molecular weight is 491 g/mol. The molecule has 1 aromatic heterocycles. The second-order valence-electron chi connectivity index (χ2n) is 8.03. The third-order valence-corrected chi connectivity index (χ3v) is 6.46. The standard InChI is InChI=1S/C25H28F2N2O4S/c1-4-32-23-13-18(10-11-22(23)33-25(26)27)19(15-34(3,30)31)12-21-24(28)16(2)20(14-29-21)17-8-6-5-7-9-17/h5-11,13-14,19,25H,4,12,15,28H2,1-3H3. The van der Waals surface area contributed by atoms with Gasteiger partial charge in [-0.05, 0) is 49.1 Å². The number of hydrogen-bond donors (Lipinski definition) is 1. The van der Waals surface area contributed by atoms with Crippen LogP contribution in [0.2, 0.25) is 0 Å². The van der Waals surface area contributed by atoms with E-state index in [1.165, 1.54) is 6.07 Å². The maximum Gasteiger partial charge on any atom is 0.387 e. The number of aromatic nitrogens is 1. The van der Waals surface area contributed by atoms with Crippen molar-refractivity contribution >= 4 is 15.5 Å². The molecule has 0 spiro atoms. The number of hydrogen-bond acceptors (Lipinski definition) is 6. The van der Waals surface area contributed by atoms with Crippen LogP contribution in [0.4, 0.5) is 14.5 Å². The van der Waals surface area contributed by atoms with Crippen LogP contribution in [0.1, 0.15) is 29.7 Å². The van der Waals surface area contributed by atoms with E-state index in [1.807, 2.05) is 37.3 Å². The Morgan fingerprint density at radius 3 is 2.41 bits per heavy atom. The van der Waals surface area contributed by atoms with Crippen molar-refractivity contribution in [3.63, 3.8) is 0 Å². The summed E-state index contributed by atoms with van der Waals surface area (Å²) in [5.74, 6) is -0.685. The highest BCUT2D eigenvalue weighted by molar-refractivity contribution is 7.90. The molecule has 2 aromatic carbocycles. The molecular formula is C25H28F2N2O4S. The summed E-state index contributed by atoms with van der Waals surface area (Å²) in [7, 11) is -3.38. The zero-order chi connectivity index (χ0) is 24.9. The van der Waals surface area contributed by atoms with E-state index in [9.17, 15) is 17.2 Å². The van der Waals surface area contributed by atoms with Gasteiger partial charge in [0.05, 0.1) is 23.7 Å². The molecule has 0 radical (unpaired) electrons. The predicted molar refractivity (Wildman–Crippen MR) is 129 cm³/mol. The molecule has 6 nitrogen and oxygen atoms in total. The number of rotatable bonds is 10. The third-order valence-electron chi connectivity index (χ3n) is 5.45. The van der Waals surface area contributed by atoms with Gasteiger partial charge in [0, 0.05) is 23.9 Å². The Hall–Kier alpha value is -3.20. The number of nitrogens with two attached hydrogens (primary N) is 1. The quantitative estimate of drug-likeness (QED) is 0.430. The summed E-state index contributed by atoms with van der Waals surface area (Å²) >= 11 is 0. The van der Waals surface area contributed by atoms with Crippen molar-refractivity contribution < 1.29 is 26.7 Å². The zero-order valence-electron chi connectivity index (χ0n) is 19.3. The van der Waals surface area contributed by atoms with Crippen molar-refractivity contribution in [1.29, 1.82) is 0 Å². The van der Waals surface area contributed by atoms with Crippen LogP contribution >= 0.6 is 0 Å². The van der Waals surface area contributed by atoms with Gasteiger partial charge in [-0.15, -0.1) is 0 Å². The molecule has 34 heavy (non-hydrogen) atoms. The summed E-state index contributed by atoms with van der Waals surface area (Å²) in [5, 5.41) is 0. The molecule has 2 N–H and O–H groups in total. The van der Waals surface area contributed by atoms with Gasteiger partial charge < -0.3 is 15.2 Å². The minimum absolute atomic E-state index is 0.112. The van der Waals surface area contributed by atoms with Crippen LogP contribution in [0.3, 0.4) is 0 Å². The summed E-state index contributed by atoms with van der Waals surface area (Å²) in [4.78, 5) is 4.55. The Morgan fingerprint density at radius 1 is 1.09 bits per heavy atom. The number of ether oxygens (including phenoxy) is 2. The van der Waals surface area contributed by atoms with Crippen molar-refractivity contribution in [2.75, 3.05) is 24.3 Å². The lowest BCUT2D eigenvalue weighted by molar-refractivity contribution is -0.0514. The van der Waals surface area contributed by atoms with Crippen LogP contribution in [-0.4, -0.2) is 38.6 Å². The highest BCUT2D eigenvalue weighted by atomic mass is 32.2. The fraction of sp³-hybridized carbons (Fsp3) is 0.320. The van der Waals surface area contributed by atoms with Crippen molar-refractivity contribution in [2.24, 2.45) is 0 Å². The Bertz CT molecular complexity index is 1240. The Morgan fingerprint density at radius 2 is 1.79 bits per heavy atom. The minimum Gasteiger partial charge on any atom is -0.490 e. The average Bonchev–Trinajstić information content (AvgIpc) is 2.77. The van der Waals surface area contributed by atoms with Crippen molar-refractivity contribution in [3.05, 3.63) is 71.5 Å². The minimum atomic E-state index is -3.38. The van der Waals surface area contributed by atoms with Crippen molar-refractivity contribution in [2.45, 2.75) is 32.8 Å². The van der Waals surface area contributed by atoms with E-state index in [1.54, 1.807) is 25.3 Å². The maximum absolute atomic E-state index is 12.8. The maximum atomic E-state index is 12.8. The molecule has 1 unspecified atom stereocenters. The lowest BCUT2D eigenvalue weighted by Crippen LogP contribution is -2.18. The van der Waals surface area contributed by atoms with Crippen LogP contribution in [0.5, 0.6) is 11.5 Å². The fourth-order valence-corrected chi connectivity index (χ4v) is 4.90. The highest BCUT2D eigenvalue weighted by Gasteiger charge is 2.23. The zero-order valence-corrected chi connectivity index (χ0v) is 20.1. The molecule has 182 valence electrons. The van der Waals surface area contributed by atoms with E-state index < -0.39 is 22.4 Å². The van der Waals surface area contributed by atoms with Crippen LogP contribution in [0, 0.1) is 6.92 Å². The Balaban J connectivity index is 2.00. The summed E-state index contributed by atoms with van der Waals surface area (Å²) in [6, 6.07) is 14.2. The van der Waals surface area contributed by atoms with Crippen LogP contribution in [0.25, 0.3) is 11.1 Å². The Kier molecular flexibility index (Phi) is 8.09. The summed E-state index contributed by atoms with van der Waals surface area (Å²) in [6.45, 7) is 0.841. The fourth-order valence-electron chi connectivity index (χ4n) is 3.85. The summed E-state index contributed by atoms with van der Waals surface area (Å²) in [5.41, 5.74) is 10.8. The molecular weight excluding hydrogens is 462 g/mol. The number of nitrogens with zero attached hydrogens (tertiary/aromatic N) is 1. The number of alkyl halides is 2. The molecule has 0 bridgehead atoms. The lowest BCUT2D eigenvalue weighted by Gasteiger charge is -2.20. The first-order valence-corrected chi connectivity index (χ1v) is 12.8. The van der Waals surface area contributed by atoms with E-state index in [2.05, 4.69) is 9.72 Å². The number of benzene rings is 2. The molecule has 0 aliphatic carbocycles. The van der Waals surface area contributed by atoms with Crippen LogP contribution in [0.15, 0.2) is 54.7 Å². The van der Waals surface area contributed by atoms with Gasteiger partial charge >= 0.3 is 6.61 Å². The summed E-state index contributed by atoms with van der Waals surface area (Å²) in [6.07, 6.45) is 3.13. The molecule has 3 aromatic rings. The SMILES string of the molecule is CCOc1cc(C(Cc2ncc(-c3ccccc3)c(C)c2N)CS(C)(=O)=O)ccc1OC(F)F.